The molecule has 0 spiro atoms. The number of aliphatic carboxylic acids is 1. The maximum absolute atomic E-state index is 10.4. The first-order valence-electron chi connectivity index (χ1n) is 6.55. The number of nitrogens with zero attached hydrogens (tertiary/aromatic N) is 1. The molecule has 0 aliphatic carbocycles. The first-order valence-corrected chi connectivity index (χ1v) is 6.55. The molecule has 1 saturated heterocycles. The van der Waals surface area contributed by atoms with Crippen LogP contribution in [0.4, 0.5) is 5.69 Å². The van der Waals surface area contributed by atoms with Gasteiger partial charge in [-0.05, 0) is 30.5 Å². The van der Waals surface area contributed by atoms with Crippen LogP contribution in [0.1, 0.15) is 18.4 Å². The van der Waals surface area contributed by atoms with E-state index in [1.165, 1.54) is 12.8 Å². The average molecular weight is 264 g/mol. The number of ether oxygens (including phenoxy) is 1. The van der Waals surface area contributed by atoms with Gasteiger partial charge in [-0.15, -0.1) is 0 Å². The van der Waals surface area contributed by atoms with Crippen LogP contribution in [-0.2, 0) is 11.3 Å². The molecule has 0 unspecified atom stereocenters. The van der Waals surface area contributed by atoms with E-state index >= 15 is 0 Å². The zero-order chi connectivity index (χ0) is 13.7. The molecular weight excluding hydrogens is 244 g/mol. The van der Waals surface area contributed by atoms with Gasteiger partial charge >= 0.3 is 5.97 Å². The Hall–Kier alpha value is -1.75. The summed E-state index contributed by atoms with van der Waals surface area (Å²) in [5, 5.41) is 11.5. The van der Waals surface area contributed by atoms with E-state index in [2.05, 4.69) is 16.3 Å². The number of carboxylic acids is 1. The van der Waals surface area contributed by atoms with E-state index in [-0.39, 0.29) is 6.54 Å². The van der Waals surface area contributed by atoms with Crippen molar-refractivity contribution >= 4 is 11.7 Å². The van der Waals surface area contributed by atoms with Gasteiger partial charge in [0.05, 0.1) is 19.3 Å². The molecule has 0 saturated carbocycles. The lowest BCUT2D eigenvalue weighted by Gasteiger charge is -2.21. The number of hydrogen-bond donors (Lipinski definition) is 2. The number of hydrogen-bond acceptors (Lipinski definition) is 4. The van der Waals surface area contributed by atoms with Gasteiger partial charge < -0.3 is 20.1 Å². The Bertz CT molecular complexity index is 442. The lowest BCUT2D eigenvalue weighted by atomic mass is 10.1. The van der Waals surface area contributed by atoms with Crippen LogP contribution in [0.25, 0.3) is 0 Å². The van der Waals surface area contributed by atoms with Crippen molar-refractivity contribution in [2.75, 3.05) is 31.6 Å². The maximum Gasteiger partial charge on any atom is 0.317 e. The van der Waals surface area contributed by atoms with Gasteiger partial charge in [0.2, 0.25) is 0 Å². The maximum atomic E-state index is 10.4. The van der Waals surface area contributed by atoms with Crippen molar-refractivity contribution in [3.05, 3.63) is 23.8 Å². The number of nitrogens with one attached hydrogen (secondary N) is 1. The molecule has 0 aromatic heterocycles. The first-order chi connectivity index (χ1) is 9.20. The van der Waals surface area contributed by atoms with Gasteiger partial charge in [-0.1, -0.05) is 6.07 Å². The molecule has 19 heavy (non-hydrogen) atoms. The summed E-state index contributed by atoms with van der Waals surface area (Å²) >= 11 is 0. The highest BCUT2D eigenvalue weighted by Crippen LogP contribution is 2.31. The van der Waals surface area contributed by atoms with Crippen LogP contribution in [0.5, 0.6) is 5.75 Å². The van der Waals surface area contributed by atoms with Gasteiger partial charge in [0, 0.05) is 19.6 Å². The predicted molar refractivity (Wildman–Crippen MR) is 73.8 cm³/mol. The summed E-state index contributed by atoms with van der Waals surface area (Å²) in [5.74, 6) is 0.0113. The molecule has 0 bridgehead atoms. The molecule has 1 aromatic carbocycles. The Labute approximate surface area is 113 Å². The molecule has 1 aliphatic rings. The average Bonchev–Trinajstić information content (AvgIpc) is 2.92. The number of carbonyl (C=O) groups is 1. The van der Waals surface area contributed by atoms with Crippen LogP contribution in [0.2, 0.25) is 0 Å². The van der Waals surface area contributed by atoms with Crippen LogP contribution < -0.4 is 15.0 Å². The van der Waals surface area contributed by atoms with Crippen molar-refractivity contribution in [1.82, 2.24) is 5.32 Å². The largest absolute Gasteiger partial charge is 0.495 e. The minimum atomic E-state index is -0.847. The molecule has 1 aliphatic heterocycles. The molecule has 1 fully saturated rings. The molecule has 1 aromatic rings. The molecular formula is C14H20N2O3. The zero-order valence-corrected chi connectivity index (χ0v) is 11.2. The van der Waals surface area contributed by atoms with Gasteiger partial charge in [-0.25, -0.2) is 0 Å². The normalized spacial score (nSPS) is 14.7. The van der Waals surface area contributed by atoms with Crippen LogP contribution in [0.15, 0.2) is 18.2 Å². The highest BCUT2D eigenvalue weighted by atomic mass is 16.5. The summed E-state index contributed by atoms with van der Waals surface area (Å²) in [5.41, 5.74) is 2.16. The molecule has 5 heteroatoms. The second-order valence-corrected chi connectivity index (χ2v) is 4.70. The quantitative estimate of drug-likeness (QED) is 0.814. The van der Waals surface area contributed by atoms with Crippen molar-refractivity contribution in [2.24, 2.45) is 0 Å². The molecule has 0 amide bonds. The summed E-state index contributed by atoms with van der Waals surface area (Å²) in [7, 11) is 1.67. The lowest BCUT2D eigenvalue weighted by molar-refractivity contribution is -0.135. The van der Waals surface area contributed by atoms with E-state index < -0.39 is 5.97 Å². The van der Waals surface area contributed by atoms with E-state index in [0.29, 0.717) is 6.54 Å². The highest BCUT2D eigenvalue weighted by Gasteiger charge is 2.16. The van der Waals surface area contributed by atoms with Gasteiger partial charge in [-0.3, -0.25) is 4.79 Å². The molecule has 104 valence electrons. The van der Waals surface area contributed by atoms with Crippen LogP contribution in [-0.4, -0.2) is 37.8 Å². The van der Waals surface area contributed by atoms with Crippen molar-refractivity contribution in [1.29, 1.82) is 0 Å². The van der Waals surface area contributed by atoms with Gasteiger partial charge in [0.25, 0.3) is 0 Å². The molecule has 1 heterocycles. The highest BCUT2D eigenvalue weighted by molar-refractivity contribution is 5.69. The van der Waals surface area contributed by atoms with Crippen molar-refractivity contribution in [2.45, 2.75) is 19.4 Å². The van der Waals surface area contributed by atoms with Crippen LogP contribution in [0.3, 0.4) is 0 Å². The number of carboxylic acid groups (broad SMARTS) is 1. The third kappa shape index (κ3) is 3.61. The van der Waals surface area contributed by atoms with E-state index in [1.807, 2.05) is 12.1 Å². The SMILES string of the molecule is COc1cc(CNCC(=O)O)ccc1N1CCCC1. The third-order valence-electron chi connectivity index (χ3n) is 3.30. The molecule has 2 rings (SSSR count). The molecule has 0 radical (unpaired) electrons. The smallest absolute Gasteiger partial charge is 0.317 e. The zero-order valence-electron chi connectivity index (χ0n) is 11.2. The second-order valence-electron chi connectivity index (χ2n) is 4.70. The van der Waals surface area contributed by atoms with E-state index in [1.54, 1.807) is 7.11 Å². The monoisotopic (exact) mass is 264 g/mol. The summed E-state index contributed by atoms with van der Waals surface area (Å²) in [6.07, 6.45) is 2.45. The van der Waals surface area contributed by atoms with Gasteiger partial charge in [-0.2, -0.15) is 0 Å². The van der Waals surface area contributed by atoms with Crippen LogP contribution >= 0.6 is 0 Å². The van der Waals surface area contributed by atoms with E-state index in [9.17, 15) is 4.79 Å². The minimum Gasteiger partial charge on any atom is -0.495 e. The minimum absolute atomic E-state index is 0.0316. The number of anilines is 1. The number of rotatable bonds is 6. The first kappa shape index (κ1) is 13.7. The van der Waals surface area contributed by atoms with E-state index in [4.69, 9.17) is 9.84 Å². The third-order valence-corrected chi connectivity index (χ3v) is 3.30. The van der Waals surface area contributed by atoms with Gasteiger partial charge in [0.15, 0.2) is 0 Å². The Morgan fingerprint density at radius 1 is 1.42 bits per heavy atom. The van der Waals surface area contributed by atoms with Crippen molar-refractivity contribution < 1.29 is 14.6 Å². The predicted octanol–water partition coefficient (Wildman–Crippen LogP) is 1.47. The molecule has 5 nitrogen and oxygen atoms in total. The van der Waals surface area contributed by atoms with E-state index in [0.717, 1.165) is 30.1 Å². The van der Waals surface area contributed by atoms with Crippen LogP contribution in [0, 0.1) is 0 Å². The molecule has 2 N–H and O–H groups in total. The Balaban J connectivity index is 2.04. The topological polar surface area (TPSA) is 61.8 Å². The Kier molecular flexibility index (Phi) is 4.63. The summed E-state index contributed by atoms with van der Waals surface area (Å²) in [4.78, 5) is 12.8. The Morgan fingerprint density at radius 3 is 2.79 bits per heavy atom. The second kappa shape index (κ2) is 6.43. The molecule has 0 atom stereocenters. The summed E-state index contributed by atoms with van der Waals surface area (Å²) in [6.45, 7) is 2.65. The fourth-order valence-corrected chi connectivity index (χ4v) is 2.37. The fourth-order valence-electron chi connectivity index (χ4n) is 2.37. The van der Waals surface area contributed by atoms with Gasteiger partial charge in [0.1, 0.15) is 5.75 Å². The fraction of sp³-hybridized carbons (Fsp3) is 0.500. The number of benzene rings is 1. The lowest BCUT2D eigenvalue weighted by Crippen LogP contribution is -2.22. The number of methoxy groups -OCH3 is 1. The standard InChI is InChI=1S/C14H20N2O3/c1-19-13-8-11(9-15-10-14(17)18)4-5-12(13)16-6-2-3-7-16/h4-5,8,15H,2-3,6-7,9-10H2,1H3,(H,17,18). The Morgan fingerprint density at radius 2 is 2.16 bits per heavy atom. The summed E-state index contributed by atoms with van der Waals surface area (Å²) < 4.78 is 5.44. The summed E-state index contributed by atoms with van der Waals surface area (Å²) in [6, 6.07) is 6.05. The van der Waals surface area contributed by atoms with Crippen molar-refractivity contribution in [3.63, 3.8) is 0 Å². The van der Waals surface area contributed by atoms with Crippen molar-refractivity contribution in [3.8, 4) is 5.75 Å².